The standard InChI is InChI=1S/C15H31N3/c1-5-18(12(2)10-17(3)4)15(11-16)9-13-6-7-14(15)8-13/h12-14H,5-11,16H2,1-4H3. The minimum atomic E-state index is 0.313. The number of hydrogen-bond donors (Lipinski definition) is 1. The number of hydrogen-bond acceptors (Lipinski definition) is 3. The number of likely N-dealkylation sites (N-methyl/N-ethyl adjacent to an activating group) is 2. The molecule has 0 spiro atoms. The fraction of sp³-hybridized carbons (Fsp3) is 1.00. The fourth-order valence-electron chi connectivity index (χ4n) is 4.83. The lowest BCUT2D eigenvalue weighted by Gasteiger charge is -2.49. The summed E-state index contributed by atoms with van der Waals surface area (Å²) in [5, 5.41) is 0. The summed E-state index contributed by atoms with van der Waals surface area (Å²) >= 11 is 0. The van der Waals surface area contributed by atoms with E-state index in [4.69, 9.17) is 5.73 Å². The molecule has 2 N–H and O–H groups in total. The predicted molar refractivity (Wildman–Crippen MR) is 77.6 cm³/mol. The van der Waals surface area contributed by atoms with Crippen molar-refractivity contribution in [3.8, 4) is 0 Å². The van der Waals surface area contributed by atoms with Crippen LogP contribution in [0.4, 0.5) is 0 Å². The molecule has 2 aliphatic carbocycles. The zero-order valence-electron chi connectivity index (χ0n) is 12.7. The van der Waals surface area contributed by atoms with Crippen LogP contribution < -0.4 is 5.73 Å². The highest BCUT2D eigenvalue weighted by Gasteiger charge is 2.53. The van der Waals surface area contributed by atoms with Crippen LogP contribution in [-0.2, 0) is 0 Å². The van der Waals surface area contributed by atoms with Gasteiger partial charge >= 0.3 is 0 Å². The van der Waals surface area contributed by atoms with Crippen LogP contribution in [0.3, 0.4) is 0 Å². The van der Waals surface area contributed by atoms with E-state index in [1.165, 1.54) is 25.7 Å². The molecular weight excluding hydrogens is 222 g/mol. The van der Waals surface area contributed by atoms with Gasteiger partial charge in [-0.2, -0.15) is 0 Å². The van der Waals surface area contributed by atoms with Crippen molar-refractivity contribution in [2.75, 3.05) is 33.7 Å². The Kier molecular flexibility index (Phi) is 4.35. The van der Waals surface area contributed by atoms with Crippen molar-refractivity contribution in [2.45, 2.75) is 51.1 Å². The van der Waals surface area contributed by atoms with E-state index in [-0.39, 0.29) is 0 Å². The van der Waals surface area contributed by atoms with Crippen LogP contribution in [0.2, 0.25) is 0 Å². The molecule has 3 heteroatoms. The number of nitrogens with zero attached hydrogens (tertiary/aromatic N) is 2. The van der Waals surface area contributed by atoms with Gasteiger partial charge in [-0.1, -0.05) is 13.3 Å². The topological polar surface area (TPSA) is 32.5 Å². The van der Waals surface area contributed by atoms with Crippen LogP contribution in [0.15, 0.2) is 0 Å². The molecule has 0 aromatic heterocycles. The van der Waals surface area contributed by atoms with Gasteiger partial charge in [0.1, 0.15) is 0 Å². The monoisotopic (exact) mass is 253 g/mol. The Bertz CT molecular complexity index is 279. The third-order valence-electron chi connectivity index (χ3n) is 5.37. The first kappa shape index (κ1) is 14.3. The summed E-state index contributed by atoms with van der Waals surface area (Å²) in [6.45, 7) is 7.78. The lowest BCUT2D eigenvalue weighted by molar-refractivity contribution is 0.00737. The van der Waals surface area contributed by atoms with Gasteiger partial charge in [-0.15, -0.1) is 0 Å². The van der Waals surface area contributed by atoms with Gasteiger partial charge in [-0.3, -0.25) is 4.90 Å². The Hall–Kier alpha value is -0.120. The maximum atomic E-state index is 6.25. The van der Waals surface area contributed by atoms with Crippen LogP contribution in [0.25, 0.3) is 0 Å². The molecule has 106 valence electrons. The summed E-state index contributed by atoms with van der Waals surface area (Å²) in [7, 11) is 4.33. The van der Waals surface area contributed by atoms with Gasteiger partial charge in [0, 0.05) is 24.7 Å². The molecule has 3 nitrogen and oxygen atoms in total. The average Bonchev–Trinajstić information content (AvgIpc) is 2.89. The van der Waals surface area contributed by atoms with Gasteiger partial charge < -0.3 is 10.6 Å². The summed E-state index contributed by atoms with van der Waals surface area (Å²) < 4.78 is 0. The molecule has 0 aromatic carbocycles. The second-order valence-electron chi connectivity index (χ2n) is 6.79. The Morgan fingerprint density at radius 1 is 1.33 bits per heavy atom. The van der Waals surface area contributed by atoms with Crippen LogP contribution in [0.5, 0.6) is 0 Å². The van der Waals surface area contributed by atoms with E-state index < -0.39 is 0 Å². The van der Waals surface area contributed by atoms with Crippen LogP contribution in [0.1, 0.15) is 39.5 Å². The van der Waals surface area contributed by atoms with Gasteiger partial charge in [-0.25, -0.2) is 0 Å². The third kappa shape index (κ3) is 2.33. The maximum absolute atomic E-state index is 6.25. The van der Waals surface area contributed by atoms with Crippen molar-refractivity contribution < 1.29 is 0 Å². The summed E-state index contributed by atoms with van der Waals surface area (Å²) in [4.78, 5) is 5.02. The highest BCUT2D eigenvalue weighted by Crippen LogP contribution is 2.53. The van der Waals surface area contributed by atoms with Crippen LogP contribution >= 0.6 is 0 Å². The molecule has 0 saturated heterocycles. The van der Waals surface area contributed by atoms with Gasteiger partial charge in [0.05, 0.1) is 0 Å². The molecule has 0 heterocycles. The van der Waals surface area contributed by atoms with Crippen molar-refractivity contribution in [1.29, 1.82) is 0 Å². The van der Waals surface area contributed by atoms with E-state index in [1.807, 2.05) is 0 Å². The summed E-state index contributed by atoms with van der Waals surface area (Å²) in [5.41, 5.74) is 6.56. The van der Waals surface area contributed by atoms with Crippen molar-refractivity contribution in [1.82, 2.24) is 9.80 Å². The summed E-state index contributed by atoms with van der Waals surface area (Å²) in [5.74, 6) is 1.82. The highest BCUT2D eigenvalue weighted by atomic mass is 15.3. The van der Waals surface area contributed by atoms with Crippen molar-refractivity contribution in [3.63, 3.8) is 0 Å². The van der Waals surface area contributed by atoms with Gasteiger partial charge in [0.2, 0.25) is 0 Å². The summed E-state index contributed by atoms with van der Waals surface area (Å²) in [6, 6.07) is 0.605. The smallest absolute Gasteiger partial charge is 0.0365 e. The van der Waals surface area contributed by atoms with E-state index in [0.717, 1.165) is 31.5 Å². The molecular formula is C15H31N3. The van der Waals surface area contributed by atoms with Gasteiger partial charge in [0.25, 0.3) is 0 Å². The zero-order valence-corrected chi connectivity index (χ0v) is 12.7. The minimum Gasteiger partial charge on any atom is -0.329 e. The minimum absolute atomic E-state index is 0.313. The van der Waals surface area contributed by atoms with Crippen molar-refractivity contribution in [2.24, 2.45) is 17.6 Å². The quantitative estimate of drug-likeness (QED) is 0.783. The first-order valence-electron chi connectivity index (χ1n) is 7.65. The Morgan fingerprint density at radius 2 is 2.06 bits per heavy atom. The van der Waals surface area contributed by atoms with Gasteiger partial charge in [-0.05, 0) is 58.7 Å². The summed E-state index contributed by atoms with van der Waals surface area (Å²) in [6.07, 6.45) is 5.64. The number of nitrogens with two attached hydrogens (primary N) is 1. The molecule has 18 heavy (non-hydrogen) atoms. The molecule has 0 radical (unpaired) electrons. The van der Waals surface area contributed by atoms with Crippen molar-refractivity contribution in [3.05, 3.63) is 0 Å². The van der Waals surface area contributed by atoms with E-state index in [1.54, 1.807) is 0 Å². The molecule has 0 aliphatic heterocycles. The molecule has 4 unspecified atom stereocenters. The predicted octanol–water partition coefficient (Wildman–Crippen LogP) is 1.78. The third-order valence-corrected chi connectivity index (χ3v) is 5.37. The molecule has 4 atom stereocenters. The molecule has 2 fully saturated rings. The highest BCUT2D eigenvalue weighted by molar-refractivity contribution is 5.09. The average molecular weight is 253 g/mol. The SMILES string of the molecule is CCN(C(C)CN(C)C)C1(CN)CC2CCC1C2. The normalized spacial score (nSPS) is 36.8. The van der Waals surface area contributed by atoms with Crippen molar-refractivity contribution >= 4 is 0 Å². The van der Waals surface area contributed by atoms with Crippen LogP contribution in [0, 0.1) is 11.8 Å². The molecule has 0 amide bonds. The fourth-order valence-corrected chi connectivity index (χ4v) is 4.83. The maximum Gasteiger partial charge on any atom is 0.0365 e. The second-order valence-corrected chi connectivity index (χ2v) is 6.79. The Morgan fingerprint density at radius 3 is 2.44 bits per heavy atom. The first-order chi connectivity index (χ1) is 8.53. The molecule has 0 aromatic rings. The van der Waals surface area contributed by atoms with E-state index in [9.17, 15) is 0 Å². The van der Waals surface area contributed by atoms with E-state index >= 15 is 0 Å². The molecule has 2 saturated carbocycles. The Balaban J connectivity index is 2.14. The molecule has 2 bridgehead atoms. The molecule has 2 aliphatic rings. The van der Waals surface area contributed by atoms with Gasteiger partial charge in [0.15, 0.2) is 0 Å². The van der Waals surface area contributed by atoms with Crippen LogP contribution in [-0.4, -0.2) is 55.1 Å². The number of rotatable bonds is 6. The largest absolute Gasteiger partial charge is 0.329 e. The molecule has 2 rings (SSSR count). The van der Waals surface area contributed by atoms with E-state index in [2.05, 4.69) is 37.7 Å². The Labute approximate surface area is 113 Å². The lowest BCUT2D eigenvalue weighted by Crippen LogP contribution is -2.61. The zero-order chi connectivity index (χ0) is 13.3. The number of fused-ring (bicyclic) bond motifs is 2. The second kappa shape index (κ2) is 5.48. The van der Waals surface area contributed by atoms with E-state index in [0.29, 0.717) is 11.6 Å². The first-order valence-corrected chi connectivity index (χ1v) is 7.65. The lowest BCUT2D eigenvalue weighted by atomic mass is 9.78.